The van der Waals surface area contributed by atoms with Crippen molar-refractivity contribution in [2.75, 3.05) is 6.16 Å². The van der Waals surface area contributed by atoms with Crippen molar-refractivity contribution in [1.29, 1.82) is 0 Å². The first-order chi connectivity index (χ1) is 8.47. The van der Waals surface area contributed by atoms with E-state index >= 15 is 0 Å². The first-order valence-electron chi connectivity index (χ1n) is 6.54. The highest BCUT2D eigenvalue weighted by atomic mass is 31.1. The van der Waals surface area contributed by atoms with Crippen LogP contribution in [-0.2, 0) is 4.57 Å². The van der Waals surface area contributed by atoms with Gasteiger partial charge in [-0.2, -0.15) is 0 Å². The molecule has 1 radical (unpaired) electrons. The average molecular weight is 265 g/mol. The minimum atomic E-state index is -1.76. The van der Waals surface area contributed by atoms with E-state index in [-0.39, 0.29) is 5.52 Å². The van der Waals surface area contributed by atoms with Gasteiger partial charge in [0, 0.05) is 11.7 Å². The number of hydrogen-bond acceptors (Lipinski definition) is 2. The Morgan fingerprint density at radius 1 is 1.11 bits per heavy atom. The third kappa shape index (κ3) is 3.74. The third-order valence-corrected chi connectivity index (χ3v) is 4.48. The largest absolute Gasteiger partial charge is 0.281 e. The van der Waals surface area contributed by atoms with Crippen molar-refractivity contribution in [1.82, 2.24) is 0 Å². The van der Waals surface area contributed by atoms with Gasteiger partial charge in [-0.3, -0.25) is 9.36 Å². The monoisotopic (exact) mass is 265 g/mol. The molecule has 18 heavy (non-hydrogen) atoms. The quantitative estimate of drug-likeness (QED) is 0.548. The lowest BCUT2D eigenvalue weighted by atomic mass is 10.0. The van der Waals surface area contributed by atoms with Gasteiger partial charge in [-0.15, -0.1) is 0 Å². The van der Waals surface area contributed by atoms with Crippen molar-refractivity contribution in [2.45, 2.75) is 47.0 Å². The molecule has 0 fully saturated rings. The second-order valence-electron chi connectivity index (χ2n) is 4.89. The Bertz CT molecular complexity index is 441. The zero-order chi connectivity index (χ0) is 13.7. The summed E-state index contributed by atoms with van der Waals surface area (Å²) >= 11 is 0. The van der Waals surface area contributed by atoms with E-state index in [4.69, 9.17) is 0 Å². The van der Waals surface area contributed by atoms with Crippen LogP contribution >= 0.6 is 7.80 Å². The van der Waals surface area contributed by atoms with Crippen LogP contribution in [0.1, 0.15) is 53.2 Å². The number of benzene rings is 1. The molecule has 0 aromatic heterocycles. The standard InChI is InChI=1S/C15H22O2P/c1-5-6-7-8-18(17)15(16)14-12(3)9-11(2)10-13(14)4/h9-10H,5-8H2,1-4H3. The molecular weight excluding hydrogens is 243 g/mol. The lowest BCUT2D eigenvalue weighted by molar-refractivity contribution is 0.107. The van der Waals surface area contributed by atoms with Gasteiger partial charge in [0.15, 0.2) is 0 Å². The zero-order valence-corrected chi connectivity index (χ0v) is 12.6. The molecule has 0 aliphatic heterocycles. The minimum Gasteiger partial charge on any atom is -0.281 e. The van der Waals surface area contributed by atoms with Crippen LogP contribution in [0.15, 0.2) is 12.1 Å². The summed E-state index contributed by atoms with van der Waals surface area (Å²) in [6.45, 7) is 7.95. The summed E-state index contributed by atoms with van der Waals surface area (Å²) in [6, 6.07) is 3.96. The Morgan fingerprint density at radius 3 is 2.17 bits per heavy atom. The maximum atomic E-state index is 12.2. The smallest absolute Gasteiger partial charge is 0.242 e. The molecule has 0 aliphatic rings. The molecule has 1 unspecified atom stereocenters. The van der Waals surface area contributed by atoms with Crippen molar-refractivity contribution >= 4 is 13.3 Å². The molecule has 1 rings (SSSR count). The number of rotatable bonds is 6. The predicted molar refractivity (Wildman–Crippen MR) is 77.0 cm³/mol. The van der Waals surface area contributed by atoms with Gasteiger partial charge in [0.25, 0.3) is 0 Å². The molecule has 3 heteroatoms. The Balaban J connectivity index is 2.87. The molecule has 1 aromatic rings. The van der Waals surface area contributed by atoms with E-state index in [1.165, 1.54) is 0 Å². The van der Waals surface area contributed by atoms with Crippen LogP contribution in [0.5, 0.6) is 0 Å². The Morgan fingerprint density at radius 2 is 1.67 bits per heavy atom. The van der Waals surface area contributed by atoms with Gasteiger partial charge in [0.1, 0.15) is 7.80 Å². The van der Waals surface area contributed by atoms with E-state index in [2.05, 4.69) is 6.92 Å². The molecule has 0 heterocycles. The fourth-order valence-electron chi connectivity index (χ4n) is 2.25. The number of hydrogen-bond donors (Lipinski definition) is 0. The summed E-state index contributed by atoms with van der Waals surface area (Å²) < 4.78 is 12.0. The Labute approximate surface area is 111 Å². The first-order valence-corrected chi connectivity index (χ1v) is 7.98. The van der Waals surface area contributed by atoms with E-state index in [0.29, 0.717) is 11.7 Å². The Hall–Kier alpha value is -1.01. The molecule has 0 saturated carbocycles. The second kappa shape index (κ2) is 6.80. The number of unbranched alkanes of at least 4 members (excludes halogenated alkanes) is 2. The summed E-state index contributed by atoms with van der Waals surface area (Å²) in [4.78, 5) is 12.2. The van der Waals surface area contributed by atoms with Crippen LogP contribution in [0.2, 0.25) is 0 Å². The lowest BCUT2D eigenvalue weighted by Crippen LogP contribution is -2.02. The highest BCUT2D eigenvalue weighted by molar-refractivity contribution is 7.64. The molecule has 1 atom stereocenters. The van der Waals surface area contributed by atoms with Gasteiger partial charge < -0.3 is 0 Å². The average Bonchev–Trinajstić information content (AvgIpc) is 2.27. The third-order valence-electron chi connectivity index (χ3n) is 3.08. The van der Waals surface area contributed by atoms with Crippen molar-refractivity contribution in [3.63, 3.8) is 0 Å². The van der Waals surface area contributed by atoms with Gasteiger partial charge in [-0.1, -0.05) is 37.5 Å². The van der Waals surface area contributed by atoms with Gasteiger partial charge in [0.2, 0.25) is 5.52 Å². The van der Waals surface area contributed by atoms with E-state index in [9.17, 15) is 9.36 Å². The summed E-state index contributed by atoms with van der Waals surface area (Å²) in [6.07, 6.45) is 3.52. The molecule has 2 nitrogen and oxygen atoms in total. The molecule has 0 amide bonds. The minimum absolute atomic E-state index is 0.170. The van der Waals surface area contributed by atoms with E-state index in [1.54, 1.807) is 0 Å². The van der Waals surface area contributed by atoms with Crippen LogP contribution in [0.4, 0.5) is 0 Å². The fourth-order valence-corrected chi connectivity index (χ4v) is 3.57. The summed E-state index contributed by atoms with van der Waals surface area (Å²) in [5.74, 6) is 0. The molecule has 0 N–H and O–H groups in total. The van der Waals surface area contributed by atoms with Gasteiger partial charge in [0.05, 0.1) is 0 Å². The summed E-state index contributed by atoms with van der Waals surface area (Å²) in [7, 11) is -1.76. The highest BCUT2D eigenvalue weighted by Crippen LogP contribution is 2.31. The molecule has 1 aromatic carbocycles. The van der Waals surface area contributed by atoms with Crippen LogP contribution in [0, 0.1) is 20.8 Å². The Kier molecular flexibility index (Phi) is 5.68. The predicted octanol–water partition coefficient (Wildman–Crippen LogP) is 4.77. The maximum absolute atomic E-state index is 12.2. The van der Waals surface area contributed by atoms with Crippen molar-refractivity contribution in [3.05, 3.63) is 34.4 Å². The van der Waals surface area contributed by atoms with Crippen LogP contribution in [-0.4, -0.2) is 11.7 Å². The molecule has 99 valence electrons. The number of carbonyl (C=O) groups is 1. The molecular formula is C15H22O2P. The zero-order valence-electron chi connectivity index (χ0n) is 11.7. The van der Waals surface area contributed by atoms with Crippen molar-refractivity contribution < 1.29 is 9.36 Å². The van der Waals surface area contributed by atoms with Crippen LogP contribution in [0.25, 0.3) is 0 Å². The molecule has 0 spiro atoms. The lowest BCUT2D eigenvalue weighted by Gasteiger charge is -2.09. The second-order valence-corrected chi connectivity index (χ2v) is 6.50. The van der Waals surface area contributed by atoms with Gasteiger partial charge in [-0.05, 0) is 38.3 Å². The van der Waals surface area contributed by atoms with Crippen molar-refractivity contribution in [3.8, 4) is 0 Å². The molecule has 0 aliphatic carbocycles. The van der Waals surface area contributed by atoms with E-state index in [1.807, 2.05) is 32.9 Å². The normalized spacial score (nSPS) is 11.4. The fraction of sp³-hybridized carbons (Fsp3) is 0.533. The van der Waals surface area contributed by atoms with Gasteiger partial charge in [-0.25, -0.2) is 0 Å². The van der Waals surface area contributed by atoms with Crippen LogP contribution < -0.4 is 0 Å². The topological polar surface area (TPSA) is 34.1 Å². The number of carbonyl (C=O) groups excluding carboxylic acids is 1. The van der Waals surface area contributed by atoms with E-state index < -0.39 is 7.80 Å². The van der Waals surface area contributed by atoms with E-state index in [0.717, 1.165) is 36.0 Å². The van der Waals surface area contributed by atoms with Crippen LogP contribution in [0.3, 0.4) is 0 Å². The summed E-state index contributed by atoms with van der Waals surface area (Å²) in [5.41, 5.74) is 3.52. The number of aryl methyl sites for hydroxylation is 3. The first kappa shape index (κ1) is 15.0. The SMILES string of the molecule is CCCCC[P](=O)C(=O)c1c(C)cc(C)cc1C. The van der Waals surface area contributed by atoms with Crippen molar-refractivity contribution in [2.24, 2.45) is 0 Å². The maximum Gasteiger partial charge on any atom is 0.242 e. The molecule has 0 saturated heterocycles. The highest BCUT2D eigenvalue weighted by Gasteiger charge is 2.19. The van der Waals surface area contributed by atoms with Gasteiger partial charge >= 0.3 is 0 Å². The molecule has 0 bridgehead atoms. The summed E-state index contributed by atoms with van der Waals surface area (Å²) in [5, 5.41) is 0.